The van der Waals surface area contributed by atoms with Gasteiger partial charge in [-0.1, -0.05) is 45.0 Å². The second kappa shape index (κ2) is 6.65. The lowest BCUT2D eigenvalue weighted by atomic mass is 9.85. The van der Waals surface area contributed by atoms with Crippen molar-refractivity contribution in [3.8, 4) is 0 Å². The van der Waals surface area contributed by atoms with Crippen LogP contribution in [0.5, 0.6) is 0 Å². The minimum absolute atomic E-state index is 0.0423. The van der Waals surface area contributed by atoms with Crippen LogP contribution in [0.4, 0.5) is 4.39 Å². The normalized spacial score (nSPS) is 12.4. The lowest BCUT2D eigenvalue weighted by Crippen LogP contribution is -2.25. The van der Waals surface area contributed by atoms with Crippen molar-refractivity contribution in [2.75, 3.05) is 0 Å². The van der Waals surface area contributed by atoms with E-state index in [0.717, 1.165) is 16.7 Å². The topological polar surface area (TPSA) is 46.2 Å². The summed E-state index contributed by atoms with van der Waals surface area (Å²) in [4.78, 5) is 0.317. The Balaban J connectivity index is 2.30. The van der Waals surface area contributed by atoms with Crippen LogP contribution in [0.2, 0.25) is 0 Å². The zero-order chi connectivity index (χ0) is 18.1. The summed E-state index contributed by atoms with van der Waals surface area (Å²) < 4.78 is 40.9. The van der Waals surface area contributed by atoms with Gasteiger partial charge in [-0.15, -0.1) is 0 Å². The number of aryl methyl sites for hydroxylation is 2. The number of hydrogen-bond acceptors (Lipinski definition) is 2. The minimum Gasteiger partial charge on any atom is -0.207 e. The molecule has 0 unspecified atom stereocenters. The Kier molecular flexibility index (Phi) is 5.16. The molecule has 2 rings (SSSR count). The van der Waals surface area contributed by atoms with Crippen LogP contribution in [-0.4, -0.2) is 8.42 Å². The fraction of sp³-hybridized carbons (Fsp3) is 0.368. The Labute approximate surface area is 144 Å². The maximum absolute atomic E-state index is 12.9. The van der Waals surface area contributed by atoms with E-state index in [4.69, 9.17) is 0 Å². The van der Waals surface area contributed by atoms with E-state index in [0.29, 0.717) is 10.5 Å². The van der Waals surface area contributed by atoms with Gasteiger partial charge in [0.2, 0.25) is 10.0 Å². The van der Waals surface area contributed by atoms with E-state index in [9.17, 15) is 12.8 Å². The molecule has 0 atom stereocenters. The number of rotatable bonds is 4. The standard InChI is InChI=1S/C19H24FNO2S/c1-13-10-16(19(3,4)5)11-14(2)18(13)24(22,23)21-12-15-6-8-17(20)9-7-15/h6-11,21H,12H2,1-5H3. The smallest absolute Gasteiger partial charge is 0.207 e. The van der Waals surface area contributed by atoms with E-state index in [-0.39, 0.29) is 17.8 Å². The zero-order valence-electron chi connectivity index (χ0n) is 14.8. The van der Waals surface area contributed by atoms with E-state index in [1.165, 1.54) is 12.1 Å². The first-order chi connectivity index (χ1) is 11.0. The van der Waals surface area contributed by atoms with Crippen molar-refractivity contribution < 1.29 is 12.8 Å². The maximum atomic E-state index is 12.9. The molecule has 0 aromatic heterocycles. The molecule has 0 saturated heterocycles. The van der Waals surface area contributed by atoms with Crippen LogP contribution in [0.1, 0.15) is 43.0 Å². The minimum atomic E-state index is -3.64. The third-order valence-electron chi connectivity index (χ3n) is 3.97. The predicted octanol–water partition coefficient (Wildman–Crippen LogP) is 4.22. The van der Waals surface area contributed by atoms with Crippen LogP contribution < -0.4 is 4.72 Å². The lowest BCUT2D eigenvalue weighted by Gasteiger charge is -2.22. The first-order valence-corrected chi connectivity index (χ1v) is 9.35. The summed E-state index contributed by atoms with van der Waals surface area (Å²) in [6.45, 7) is 10.1. The number of hydrogen-bond donors (Lipinski definition) is 1. The number of benzene rings is 2. The number of sulfonamides is 1. The third kappa shape index (κ3) is 4.22. The summed E-state index contributed by atoms with van der Waals surface area (Å²) in [7, 11) is -3.64. The van der Waals surface area contributed by atoms with Gasteiger partial charge in [0.25, 0.3) is 0 Å². The second-order valence-electron chi connectivity index (χ2n) is 7.14. The highest BCUT2D eigenvalue weighted by atomic mass is 32.2. The van der Waals surface area contributed by atoms with Gasteiger partial charge in [-0.05, 0) is 53.6 Å². The second-order valence-corrected chi connectivity index (χ2v) is 8.84. The highest BCUT2D eigenvalue weighted by Gasteiger charge is 2.23. The molecule has 0 heterocycles. The van der Waals surface area contributed by atoms with E-state index in [2.05, 4.69) is 25.5 Å². The molecule has 0 amide bonds. The van der Waals surface area contributed by atoms with Gasteiger partial charge in [-0.2, -0.15) is 0 Å². The van der Waals surface area contributed by atoms with Crippen LogP contribution in [-0.2, 0) is 22.0 Å². The zero-order valence-corrected chi connectivity index (χ0v) is 15.6. The summed E-state index contributed by atoms with van der Waals surface area (Å²) in [6, 6.07) is 9.63. The lowest BCUT2D eigenvalue weighted by molar-refractivity contribution is 0.575. The molecule has 24 heavy (non-hydrogen) atoms. The summed E-state index contributed by atoms with van der Waals surface area (Å²) in [5.74, 6) is -0.342. The Morgan fingerprint density at radius 2 is 1.50 bits per heavy atom. The molecular weight excluding hydrogens is 325 g/mol. The average molecular weight is 349 g/mol. The van der Waals surface area contributed by atoms with E-state index < -0.39 is 10.0 Å². The first-order valence-electron chi connectivity index (χ1n) is 7.86. The van der Waals surface area contributed by atoms with Crippen molar-refractivity contribution in [3.63, 3.8) is 0 Å². The third-order valence-corrected chi connectivity index (χ3v) is 5.68. The van der Waals surface area contributed by atoms with Crippen molar-refractivity contribution in [2.24, 2.45) is 0 Å². The summed E-state index contributed by atoms with van der Waals surface area (Å²) >= 11 is 0. The summed E-state index contributed by atoms with van der Waals surface area (Å²) in [5.41, 5.74) is 3.23. The average Bonchev–Trinajstić information content (AvgIpc) is 2.44. The van der Waals surface area contributed by atoms with Crippen molar-refractivity contribution in [3.05, 3.63) is 64.5 Å². The highest BCUT2D eigenvalue weighted by molar-refractivity contribution is 7.89. The molecule has 1 N–H and O–H groups in total. The van der Waals surface area contributed by atoms with Crippen molar-refractivity contribution in [1.29, 1.82) is 0 Å². The molecule has 0 aliphatic heterocycles. The fourth-order valence-corrected chi connectivity index (χ4v) is 4.13. The summed E-state index contributed by atoms with van der Waals surface area (Å²) in [5, 5.41) is 0. The molecule has 5 heteroatoms. The Bertz CT molecular complexity index is 812. The molecule has 0 spiro atoms. The molecule has 2 aromatic carbocycles. The van der Waals surface area contributed by atoms with Gasteiger partial charge in [0.15, 0.2) is 0 Å². The Morgan fingerprint density at radius 1 is 1.00 bits per heavy atom. The van der Waals surface area contributed by atoms with Gasteiger partial charge < -0.3 is 0 Å². The van der Waals surface area contributed by atoms with Crippen LogP contribution in [0.3, 0.4) is 0 Å². The molecule has 0 saturated carbocycles. The highest BCUT2D eigenvalue weighted by Crippen LogP contribution is 2.29. The number of halogens is 1. The van der Waals surface area contributed by atoms with Gasteiger partial charge in [0.1, 0.15) is 5.82 Å². The Morgan fingerprint density at radius 3 is 1.96 bits per heavy atom. The van der Waals surface area contributed by atoms with Crippen LogP contribution >= 0.6 is 0 Å². The predicted molar refractivity (Wildman–Crippen MR) is 95.0 cm³/mol. The van der Waals surface area contributed by atoms with E-state index >= 15 is 0 Å². The molecule has 130 valence electrons. The van der Waals surface area contributed by atoms with Gasteiger partial charge >= 0.3 is 0 Å². The molecular formula is C19H24FNO2S. The molecule has 0 bridgehead atoms. The van der Waals surface area contributed by atoms with Crippen molar-refractivity contribution >= 4 is 10.0 Å². The van der Waals surface area contributed by atoms with Crippen LogP contribution in [0.15, 0.2) is 41.3 Å². The first kappa shape index (κ1) is 18.6. The molecule has 2 aromatic rings. The molecule has 0 aliphatic carbocycles. The Hall–Kier alpha value is -1.72. The monoisotopic (exact) mass is 349 g/mol. The molecule has 0 fully saturated rings. The summed E-state index contributed by atoms with van der Waals surface area (Å²) in [6.07, 6.45) is 0. The van der Waals surface area contributed by atoms with Gasteiger partial charge in [-0.3, -0.25) is 0 Å². The maximum Gasteiger partial charge on any atom is 0.241 e. The van der Waals surface area contributed by atoms with E-state index in [1.54, 1.807) is 12.1 Å². The molecule has 0 aliphatic rings. The van der Waals surface area contributed by atoms with E-state index in [1.807, 2.05) is 26.0 Å². The molecule has 0 radical (unpaired) electrons. The molecule has 3 nitrogen and oxygen atoms in total. The quantitative estimate of drug-likeness (QED) is 0.898. The van der Waals surface area contributed by atoms with Crippen molar-refractivity contribution in [1.82, 2.24) is 4.72 Å². The van der Waals surface area contributed by atoms with Gasteiger partial charge in [0.05, 0.1) is 4.90 Å². The fourth-order valence-electron chi connectivity index (χ4n) is 2.66. The van der Waals surface area contributed by atoms with Crippen molar-refractivity contribution in [2.45, 2.75) is 51.5 Å². The SMILES string of the molecule is Cc1cc(C(C)(C)C)cc(C)c1S(=O)(=O)NCc1ccc(F)cc1. The number of nitrogens with one attached hydrogen (secondary N) is 1. The largest absolute Gasteiger partial charge is 0.241 e. The van der Waals surface area contributed by atoms with Crippen LogP contribution in [0.25, 0.3) is 0 Å². The van der Waals surface area contributed by atoms with Gasteiger partial charge in [-0.25, -0.2) is 17.5 Å². The van der Waals surface area contributed by atoms with Gasteiger partial charge in [0, 0.05) is 6.54 Å². The van der Waals surface area contributed by atoms with Crippen LogP contribution in [0, 0.1) is 19.7 Å².